The molecule has 30 heavy (non-hydrogen) atoms. The monoisotopic (exact) mass is 391 g/mol. The third kappa shape index (κ3) is 3.07. The third-order valence-corrected chi connectivity index (χ3v) is 5.59. The van der Waals surface area contributed by atoms with Gasteiger partial charge in [0.25, 0.3) is 0 Å². The van der Waals surface area contributed by atoms with Crippen LogP contribution in [0.1, 0.15) is 32.3 Å². The van der Waals surface area contributed by atoms with Crippen molar-refractivity contribution < 1.29 is 0 Å². The van der Waals surface area contributed by atoms with E-state index in [2.05, 4.69) is 109 Å². The second-order valence-electron chi connectivity index (χ2n) is 8.86. The maximum atomic E-state index is 4.75. The van der Waals surface area contributed by atoms with E-state index in [4.69, 9.17) is 4.98 Å². The minimum absolute atomic E-state index is 0.0180. The van der Waals surface area contributed by atoms with Gasteiger partial charge in [0.2, 0.25) is 0 Å². The average Bonchev–Trinajstić information content (AvgIpc) is 3.07. The zero-order valence-electron chi connectivity index (χ0n) is 17.8. The SMILES string of the molecule is Cc1nc(-c2ccc3c(c2)c2ccccc2n3-c2ccccc2)cc(C(C)(C)C)n1. The number of para-hydroxylation sites is 2. The first-order chi connectivity index (χ1) is 14.4. The molecule has 0 spiro atoms. The quantitative estimate of drug-likeness (QED) is 0.329. The van der Waals surface area contributed by atoms with E-state index < -0.39 is 0 Å². The lowest BCUT2D eigenvalue weighted by molar-refractivity contribution is 0.564. The zero-order chi connectivity index (χ0) is 20.9. The fraction of sp³-hybridized carbons (Fsp3) is 0.185. The van der Waals surface area contributed by atoms with Crippen LogP contribution in [0.15, 0.2) is 78.9 Å². The Kier molecular flexibility index (Phi) is 4.21. The summed E-state index contributed by atoms with van der Waals surface area (Å²) in [6.45, 7) is 8.54. The summed E-state index contributed by atoms with van der Waals surface area (Å²) < 4.78 is 2.33. The number of hydrogen-bond donors (Lipinski definition) is 0. The highest BCUT2D eigenvalue weighted by Crippen LogP contribution is 2.35. The summed E-state index contributed by atoms with van der Waals surface area (Å²) in [7, 11) is 0. The predicted molar refractivity (Wildman–Crippen MR) is 125 cm³/mol. The molecule has 0 saturated carbocycles. The van der Waals surface area contributed by atoms with E-state index in [0.717, 1.165) is 22.8 Å². The Morgan fingerprint density at radius 1 is 0.700 bits per heavy atom. The van der Waals surface area contributed by atoms with E-state index in [9.17, 15) is 0 Å². The first kappa shape index (κ1) is 18.6. The topological polar surface area (TPSA) is 30.7 Å². The normalized spacial score (nSPS) is 12.0. The molecule has 2 heterocycles. The Morgan fingerprint density at radius 2 is 1.40 bits per heavy atom. The van der Waals surface area contributed by atoms with Gasteiger partial charge in [0.15, 0.2) is 0 Å². The van der Waals surface area contributed by atoms with Gasteiger partial charge in [-0.2, -0.15) is 0 Å². The maximum Gasteiger partial charge on any atom is 0.126 e. The third-order valence-electron chi connectivity index (χ3n) is 5.59. The lowest BCUT2D eigenvalue weighted by Gasteiger charge is -2.19. The molecular weight excluding hydrogens is 366 g/mol. The molecule has 0 aliphatic heterocycles. The molecule has 3 aromatic carbocycles. The Labute approximate surface area is 177 Å². The molecule has 0 aliphatic carbocycles. The summed E-state index contributed by atoms with van der Waals surface area (Å²) in [5, 5.41) is 2.49. The minimum atomic E-state index is -0.0180. The second kappa shape index (κ2) is 6.81. The standard InChI is InChI=1S/C27H25N3/c1-18-28-23(17-26(29-18)27(2,3)4)19-14-15-25-22(16-19)21-12-8-9-13-24(21)30(25)20-10-6-5-7-11-20/h5-17H,1-4H3. The zero-order valence-corrected chi connectivity index (χ0v) is 17.8. The molecule has 0 amide bonds. The lowest BCUT2D eigenvalue weighted by Crippen LogP contribution is -2.15. The molecule has 0 N–H and O–H groups in total. The Morgan fingerprint density at radius 3 is 2.17 bits per heavy atom. The van der Waals surface area contributed by atoms with Gasteiger partial charge in [-0.1, -0.05) is 63.2 Å². The van der Waals surface area contributed by atoms with E-state index >= 15 is 0 Å². The molecule has 0 fully saturated rings. The van der Waals surface area contributed by atoms with Crippen molar-refractivity contribution in [2.24, 2.45) is 0 Å². The molecule has 0 aliphatic rings. The molecule has 148 valence electrons. The number of aromatic nitrogens is 3. The number of fused-ring (bicyclic) bond motifs is 3. The molecule has 3 nitrogen and oxygen atoms in total. The molecule has 0 bridgehead atoms. The molecule has 2 aromatic heterocycles. The van der Waals surface area contributed by atoms with Crippen LogP contribution in [0, 0.1) is 6.92 Å². The summed E-state index contributed by atoms with van der Waals surface area (Å²) >= 11 is 0. The highest BCUT2D eigenvalue weighted by molar-refractivity contribution is 6.10. The summed E-state index contributed by atoms with van der Waals surface area (Å²) in [6.07, 6.45) is 0. The van der Waals surface area contributed by atoms with Crippen molar-refractivity contribution in [1.29, 1.82) is 0 Å². The van der Waals surface area contributed by atoms with Crippen LogP contribution < -0.4 is 0 Å². The van der Waals surface area contributed by atoms with Crippen LogP contribution in [0.25, 0.3) is 38.8 Å². The summed E-state index contributed by atoms with van der Waals surface area (Å²) in [4.78, 5) is 9.42. The van der Waals surface area contributed by atoms with Gasteiger partial charge in [0.05, 0.1) is 22.4 Å². The van der Waals surface area contributed by atoms with Crippen LogP contribution >= 0.6 is 0 Å². The minimum Gasteiger partial charge on any atom is -0.309 e. The lowest BCUT2D eigenvalue weighted by atomic mass is 9.91. The molecule has 0 unspecified atom stereocenters. The van der Waals surface area contributed by atoms with Gasteiger partial charge in [-0.15, -0.1) is 0 Å². The summed E-state index contributed by atoms with van der Waals surface area (Å²) in [5.74, 6) is 0.809. The van der Waals surface area contributed by atoms with Crippen molar-refractivity contribution in [3.05, 3.63) is 90.4 Å². The van der Waals surface area contributed by atoms with Crippen molar-refractivity contribution in [1.82, 2.24) is 14.5 Å². The number of rotatable bonds is 2. The van der Waals surface area contributed by atoms with Crippen LogP contribution in [-0.2, 0) is 5.41 Å². The second-order valence-corrected chi connectivity index (χ2v) is 8.86. The summed E-state index contributed by atoms with van der Waals surface area (Å²) in [6, 6.07) is 27.9. The molecule has 5 rings (SSSR count). The fourth-order valence-electron chi connectivity index (χ4n) is 4.09. The highest BCUT2D eigenvalue weighted by Gasteiger charge is 2.18. The average molecular weight is 392 g/mol. The molecule has 3 heteroatoms. The van der Waals surface area contributed by atoms with Gasteiger partial charge in [-0.05, 0) is 43.3 Å². The van der Waals surface area contributed by atoms with Gasteiger partial charge < -0.3 is 4.57 Å². The van der Waals surface area contributed by atoms with Gasteiger partial charge >= 0.3 is 0 Å². The van der Waals surface area contributed by atoms with Crippen molar-refractivity contribution in [3.8, 4) is 16.9 Å². The number of aryl methyl sites for hydroxylation is 1. The Balaban J connectivity index is 1.77. The van der Waals surface area contributed by atoms with Gasteiger partial charge in [0, 0.05) is 27.4 Å². The van der Waals surface area contributed by atoms with Crippen LogP contribution in [0.5, 0.6) is 0 Å². The van der Waals surface area contributed by atoms with E-state index in [1.54, 1.807) is 0 Å². The Bertz CT molecular complexity index is 1370. The van der Waals surface area contributed by atoms with Crippen LogP contribution in [0.4, 0.5) is 0 Å². The highest BCUT2D eigenvalue weighted by atomic mass is 15.0. The largest absolute Gasteiger partial charge is 0.309 e. The van der Waals surface area contributed by atoms with Crippen LogP contribution in [-0.4, -0.2) is 14.5 Å². The van der Waals surface area contributed by atoms with E-state index in [0.29, 0.717) is 0 Å². The fourth-order valence-corrected chi connectivity index (χ4v) is 4.09. The molecular formula is C27H25N3. The smallest absolute Gasteiger partial charge is 0.126 e. The van der Waals surface area contributed by atoms with E-state index in [1.165, 1.54) is 27.5 Å². The van der Waals surface area contributed by atoms with Gasteiger partial charge in [-0.3, -0.25) is 0 Å². The van der Waals surface area contributed by atoms with E-state index in [-0.39, 0.29) is 5.41 Å². The predicted octanol–water partition coefficient (Wildman–Crippen LogP) is 6.85. The van der Waals surface area contributed by atoms with E-state index in [1.807, 2.05) is 6.92 Å². The van der Waals surface area contributed by atoms with Crippen molar-refractivity contribution in [2.75, 3.05) is 0 Å². The Hall–Kier alpha value is -3.46. The molecule has 0 radical (unpaired) electrons. The van der Waals surface area contributed by atoms with Crippen molar-refractivity contribution in [3.63, 3.8) is 0 Å². The number of nitrogens with zero attached hydrogens (tertiary/aromatic N) is 3. The molecule has 5 aromatic rings. The van der Waals surface area contributed by atoms with Gasteiger partial charge in [-0.25, -0.2) is 9.97 Å². The molecule has 0 atom stereocenters. The summed E-state index contributed by atoms with van der Waals surface area (Å²) in [5.41, 5.74) is 6.73. The number of hydrogen-bond acceptors (Lipinski definition) is 2. The van der Waals surface area contributed by atoms with Crippen LogP contribution in [0.2, 0.25) is 0 Å². The van der Waals surface area contributed by atoms with Crippen molar-refractivity contribution >= 4 is 21.8 Å². The number of benzene rings is 3. The maximum absolute atomic E-state index is 4.75. The van der Waals surface area contributed by atoms with Gasteiger partial charge in [0.1, 0.15) is 5.82 Å². The molecule has 0 saturated heterocycles. The van der Waals surface area contributed by atoms with Crippen LogP contribution in [0.3, 0.4) is 0 Å². The first-order valence-corrected chi connectivity index (χ1v) is 10.4. The van der Waals surface area contributed by atoms with Crippen molar-refractivity contribution in [2.45, 2.75) is 33.1 Å². The first-order valence-electron chi connectivity index (χ1n) is 10.4.